The van der Waals surface area contributed by atoms with Crippen LogP contribution in [0.15, 0.2) is 23.5 Å². The fraction of sp³-hybridized carbons (Fsp3) is 0.722. The Morgan fingerprint density at radius 1 is 1.12 bits per heavy atom. The highest BCUT2D eigenvalue weighted by molar-refractivity contribution is 5.96. The first-order chi connectivity index (χ1) is 12.0. The van der Waals surface area contributed by atoms with Gasteiger partial charge in [0.1, 0.15) is 0 Å². The number of amides is 1. The largest absolute Gasteiger partial charge is 0.393 e. The van der Waals surface area contributed by atoms with E-state index in [4.69, 9.17) is 5.73 Å². The summed E-state index contributed by atoms with van der Waals surface area (Å²) >= 11 is 0. The quantitative estimate of drug-likeness (QED) is 0.267. The van der Waals surface area contributed by atoms with Crippen LogP contribution in [0.25, 0.3) is 0 Å². The molecule has 142 valence electrons. The normalized spacial score (nSPS) is 31.0. The first-order valence-electron chi connectivity index (χ1n) is 9.23. The number of carbonyl (C=O) groups excluding carboxylic acids is 1. The molecule has 4 unspecified atom stereocenters. The second kappa shape index (κ2) is 9.79. The first-order valence-corrected chi connectivity index (χ1v) is 9.23. The van der Waals surface area contributed by atoms with Crippen LogP contribution in [0.5, 0.6) is 0 Å². The standard InChI is InChI=1S/C18H32N4O3/c1-20-11-16(18(19)25)17(22-13-3-2-4-14(23)10-13)7-8-21-12-5-6-15(24)9-12/h7,11-15,20-24H,2-6,8-10H2,1H3,(H2,19,25)/b16-11+,17-7+. The van der Waals surface area contributed by atoms with E-state index in [0.29, 0.717) is 30.3 Å². The summed E-state index contributed by atoms with van der Waals surface area (Å²) in [7, 11) is 1.73. The highest BCUT2D eigenvalue weighted by atomic mass is 16.3. The summed E-state index contributed by atoms with van der Waals surface area (Å²) in [5.74, 6) is -0.499. The summed E-state index contributed by atoms with van der Waals surface area (Å²) in [6.07, 6.45) is 9.00. The molecule has 0 radical (unpaired) electrons. The lowest BCUT2D eigenvalue weighted by Crippen LogP contribution is -2.38. The zero-order valence-corrected chi connectivity index (χ0v) is 15.0. The number of aliphatic hydroxyl groups excluding tert-OH is 2. The molecular weight excluding hydrogens is 320 g/mol. The van der Waals surface area contributed by atoms with Crippen molar-refractivity contribution in [3.63, 3.8) is 0 Å². The topological polar surface area (TPSA) is 120 Å². The van der Waals surface area contributed by atoms with E-state index in [9.17, 15) is 15.0 Å². The Kier molecular flexibility index (Phi) is 7.74. The van der Waals surface area contributed by atoms with Crippen molar-refractivity contribution in [1.29, 1.82) is 0 Å². The van der Waals surface area contributed by atoms with Crippen LogP contribution in [-0.4, -0.2) is 54.0 Å². The van der Waals surface area contributed by atoms with Crippen LogP contribution in [0.1, 0.15) is 44.9 Å². The number of primary amides is 1. The lowest BCUT2D eigenvalue weighted by Gasteiger charge is -2.29. The average Bonchev–Trinajstić information content (AvgIpc) is 2.97. The Morgan fingerprint density at radius 2 is 1.84 bits per heavy atom. The molecule has 2 fully saturated rings. The molecule has 0 aliphatic heterocycles. The van der Waals surface area contributed by atoms with Crippen molar-refractivity contribution < 1.29 is 15.0 Å². The van der Waals surface area contributed by atoms with Gasteiger partial charge in [-0.2, -0.15) is 0 Å². The van der Waals surface area contributed by atoms with Crippen molar-refractivity contribution in [2.75, 3.05) is 13.6 Å². The predicted octanol–water partition coefficient (Wildman–Crippen LogP) is -0.145. The van der Waals surface area contributed by atoms with Gasteiger partial charge < -0.3 is 31.9 Å². The molecule has 0 saturated heterocycles. The molecule has 2 aliphatic carbocycles. The van der Waals surface area contributed by atoms with Gasteiger partial charge in [0.2, 0.25) is 0 Å². The third-order valence-electron chi connectivity index (χ3n) is 4.97. The van der Waals surface area contributed by atoms with Gasteiger partial charge in [-0.15, -0.1) is 0 Å². The van der Waals surface area contributed by atoms with Gasteiger partial charge in [-0.25, -0.2) is 0 Å². The summed E-state index contributed by atoms with van der Waals surface area (Å²) in [5, 5.41) is 29.1. The molecule has 0 aromatic heterocycles. The van der Waals surface area contributed by atoms with Crippen LogP contribution in [-0.2, 0) is 4.79 Å². The number of hydrogen-bond donors (Lipinski definition) is 6. The maximum Gasteiger partial charge on any atom is 0.252 e. The number of nitrogens with one attached hydrogen (secondary N) is 3. The van der Waals surface area contributed by atoms with Gasteiger partial charge in [-0.3, -0.25) is 4.79 Å². The van der Waals surface area contributed by atoms with Crippen LogP contribution >= 0.6 is 0 Å². The Labute approximate surface area is 149 Å². The van der Waals surface area contributed by atoms with E-state index in [1.807, 2.05) is 6.08 Å². The number of nitrogens with two attached hydrogens (primary N) is 1. The Morgan fingerprint density at radius 3 is 2.44 bits per heavy atom. The van der Waals surface area contributed by atoms with Crippen LogP contribution in [0.4, 0.5) is 0 Å². The van der Waals surface area contributed by atoms with Crippen LogP contribution in [0, 0.1) is 0 Å². The van der Waals surface area contributed by atoms with Crippen molar-refractivity contribution in [2.45, 2.75) is 69.2 Å². The van der Waals surface area contributed by atoms with Crippen molar-refractivity contribution in [3.8, 4) is 0 Å². The molecule has 2 rings (SSSR count). The SMILES string of the molecule is CN/C=C(C(N)=O)\C(=C/CNC1CCC(O)C1)NC1CCCC(O)C1. The van der Waals surface area contributed by atoms with Gasteiger partial charge in [-0.1, -0.05) is 0 Å². The zero-order chi connectivity index (χ0) is 18.2. The van der Waals surface area contributed by atoms with Crippen molar-refractivity contribution in [1.82, 2.24) is 16.0 Å². The molecule has 7 heteroatoms. The Hall–Kier alpha value is -1.57. The first kappa shape index (κ1) is 19.8. The molecule has 25 heavy (non-hydrogen) atoms. The minimum absolute atomic E-state index is 0.128. The maximum atomic E-state index is 11.8. The highest BCUT2D eigenvalue weighted by Gasteiger charge is 2.24. The number of rotatable bonds is 8. The van der Waals surface area contributed by atoms with Gasteiger partial charge in [0.15, 0.2) is 0 Å². The smallest absolute Gasteiger partial charge is 0.252 e. The monoisotopic (exact) mass is 352 g/mol. The van der Waals surface area contributed by atoms with Crippen LogP contribution in [0.3, 0.4) is 0 Å². The van der Waals surface area contributed by atoms with E-state index in [1.165, 1.54) is 0 Å². The Bertz CT molecular complexity index is 507. The summed E-state index contributed by atoms with van der Waals surface area (Å²) in [4.78, 5) is 11.8. The van der Waals surface area contributed by atoms with Crippen LogP contribution in [0.2, 0.25) is 0 Å². The third-order valence-corrected chi connectivity index (χ3v) is 4.97. The van der Waals surface area contributed by atoms with Crippen molar-refractivity contribution in [2.24, 2.45) is 5.73 Å². The van der Waals surface area contributed by atoms with Gasteiger partial charge in [0, 0.05) is 37.6 Å². The van der Waals surface area contributed by atoms with Gasteiger partial charge >= 0.3 is 0 Å². The van der Waals surface area contributed by atoms with E-state index in [0.717, 1.165) is 38.5 Å². The van der Waals surface area contributed by atoms with Gasteiger partial charge in [0.05, 0.1) is 17.8 Å². The molecule has 0 heterocycles. The fourth-order valence-corrected chi connectivity index (χ4v) is 3.66. The molecule has 0 aromatic rings. The summed E-state index contributed by atoms with van der Waals surface area (Å²) in [5.41, 5.74) is 6.62. The number of hydrogen-bond acceptors (Lipinski definition) is 6. The minimum atomic E-state index is -0.499. The van der Waals surface area contributed by atoms with E-state index >= 15 is 0 Å². The number of carbonyl (C=O) groups is 1. The molecular formula is C18H32N4O3. The predicted molar refractivity (Wildman–Crippen MR) is 97.5 cm³/mol. The third kappa shape index (κ3) is 6.34. The molecule has 4 atom stereocenters. The summed E-state index contributed by atoms with van der Waals surface area (Å²) in [6.45, 7) is 0.587. The molecule has 7 N–H and O–H groups in total. The fourth-order valence-electron chi connectivity index (χ4n) is 3.66. The molecule has 2 saturated carbocycles. The van der Waals surface area contributed by atoms with Gasteiger partial charge in [-0.05, 0) is 51.0 Å². The highest BCUT2D eigenvalue weighted by Crippen LogP contribution is 2.21. The molecule has 0 spiro atoms. The van der Waals surface area contributed by atoms with E-state index < -0.39 is 5.91 Å². The van der Waals surface area contributed by atoms with Gasteiger partial charge in [0.25, 0.3) is 5.91 Å². The molecule has 0 bridgehead atoms. The van der Waals surface area contributed by atoms with Crippen molar-refractivity contribution >= 4 is 5.91 Å². The molecule has 2 aliphatic rings. The maximum absolute atomic E-state index is 11.8. The average molecular weight is 352 g/mol. The molecule has 7 nitrogen and oxygen atoms in total. The lowest BCUT2D eigenvalue weighted by molar-refractivity contribution is -0.114. The lowest BCUT2D eigenvalue weighted by atomic mass is 9.92. The zero-order valence-electron chi connectivity index (χ0n) is 15.0. The number of aliphatic hydroxyl groups is 2. The van der Waals surface area contributed by atoms with E-state index in [2.05, 4.69) is 16.0 Å². The molecule has 0 aromatic carbocycles. The van der Waals surface area contributed by atoms with Crippen molar-refractivity contribution in [3.05, 3.63) is 23.5 Å². The summed E-state index contributed by atoms with van der Waals surface area (Å²) < 4.78 is 0. The second-order valence-corrected chi connectivity index (χ2v) is 7.06. The second-order valence-electron chi connectivity index (χ2n) is 7.06. The van der Waals surface area contributed by atoms with Crippen LogP contribution < -0.4 is 21.7 Å². The summed E-state index contributed by atoms with van der Waals surface area (Å²) in [6, 6.07) is 0.428. The Balaban J connectivity index is 2.03. The minimum Gasteiger partial charge on any atom is -0.393 e. The van der Waals surface area contributed by atoms with E-state index in [-0.39, 0.29) is 18.2 Å². The molecule has 1 amide bonds. The van der Waals surface area contributed by atoms with E-state index in [1.54, 1.807) is 13.2 Å².